The van der Waals surface area contributed by atoms with Crippen LogP contribution >= 0.6 is 24.0 Å². The molecule has 4 nitrogen and oxygen atoms in total. The zero-order valence-electron chi connectivity index (χ0n) is 20.2. The van der Waals surface area contributed by atoms with Crippen molar-refractivity contribution in [3.05, 3.63) is 101 Å². The van der Waals surface area contributed by atoms with Gasteiger partial charge in [0.1, 0.15) is 0 Å². The van der Waals surface area contributed by atoms with Crippen molar-refractivity contribution in [2.24, 2.45) is 0 Å². The van der Waals surface area contributed by atoms with Crippen molar-refractivity contribution in [2.45, 2.75) is 6.18 Å². The number of benzene rings is 3. The van der Waals surface area contributed by atoms with Gasteiger partial charge < -0.3 is 14.8 Å². The summed E-state index contributed by atoms with van der Waals surface area (Å²) in [6, 6.07) is 23.0. The Balaban J connectivity index is 0.00000380. The molecule has 1 aromatic heterocycles. The van der Waals surface area contributed by atoms with Crippen molar-refractivity contribution in [3.63, 3.8) is 0 Å². The zero-order chi connectivity index (χ0) is 25.9. The fourth-order valence-electron chi connectivity index (χ4n) is 4.01. The average Bonchev–Trinajstić information content (AvgIpc) is 3.28. The number of alkyl halides is 3. The van der Waals surface area contributed by atoms with Crippen molar-refractivity contribution in [3.8, 4) is 28.2 Å². The van der Waals surface area contributed by atoms with E-state index in [4.69, 9.17) is 11.6 Å². The Labute approximate surface area is 225 Å². The Hall–Kier alpha value is -3.26. The Morgan fingerprint density at radius 2 is 1.57 bits per heavy atom. The van der Waals surface area contributed by atoms with Gasteiger partial charge in [-0.15, -0.1) is 12.4 Å². The van der Waals surface area contributed by atoms with E-state index in [1.54, 1.807) is 34.9 Å². The Kier molecular flexibility index (Phi) is 9.07. The van der Waals surface area contributed by atoms with Crippen molar-refractivity contribution in [1.82, 2.24) is 14.8 Å². The van der Waals surface area contributed by atoms with Crippen molar-refractivity contribution in [2.75, 3.05) is 27.2 Å². The summed E-state index contributed by atoms with van der Waals surface area (Å²) in [5.41, 5.74) is 1.95. The number of nitrogens with one attached hydrogen (secondary N) is 1. The van der Waals surface area contributed by atoms with Gasteiger partial charge in [0, 0.05) is 24.2 Å². The van der Waals surface area contributed by atoms with Crippen LogP contribution in [0.25, 0.3) is 28.2 Å². The van der Waals surface area contributed by atoms with Crippen LogP contribution in [0.4, 0.5) is 13.2 Å². The topological polar surface area (TPSA) is 37.3 Å². The summed E-state index contributed by atoms with van der Waals surface area (Å²) >= 11 is 6.61. The van der Waals surface area contributed by atoms with Gasteiger partial charge in [0.15, 0.2) is 0 Å². The number of hydrogen-bond acceptors (Lipinski definition) is 2. The van der Waals surface area contributed by atoms with Crippen LogP contribution in [0.3, 0.4) is 0 Å². The number of carbonyl (C=O) groups is 1. The summed E-state index contributed by atoms with van der Waals surface area (Å²) in [7, 11) is 3.82. The summed E-state index contributed by atoms with van der Waals surface area (Å²) in [4.78, 5) is 14.5. The van der Waals surface area contributed by atoms with E-state index in [9.17, 15) is 18.0 Å². The van der Waals surface area contributed by atoms with Crippen LogP contribution in [0.1, 0.15) is 15.9 Å². The number of nitrogens with zero attached hydrogens (tertiary/aromatic N) is 2. The molecule has 0 aliphatic rings. The van der Waals surface area contributed by atoms with Crippen molar-refractivity contribution < 1.29 is 18.0 Å². The largest absolute Gasteiger partial charge is 0.418 e. The highest BCUT2D eigenvalue weighted by Gasteiger charge is 2.34. The SMILES string of the molecule is CN(C)CCNC(=O)c1ccc(-c2ccc(-c3ccccc3)n2-c2ccccc2C(F)(F)F)c(Cl)c1.Cl. The average molecular weight is 548 g/mol. The Morgan fingerprint density at radius 1 is 0.919 bits per heavy atom. The number of carbonyl (C=O) groups excluding carboxylic acids is 1. The highest BCUT2D eigenvalue weighted by atomic mass is 35.5. The van der Waals surface area contributed by atoms with Gasteiger partial charge in [-0.05, 0) is 56.1 Å². The molecule has 0 aliphatic heterocycles. The van der Waals surface area contributed by atoms with E-state index in [1.165, 1.54) is 18.2 Å². The molecule has 1 amide bonds. The Morgan fingerprint density at radius 3 is 2.22 bits per heavy atom. The van der Waals surface area contributed by atoms with Crippen molar-refractivity contribution in [1.29, 1.82) is 0 Å². The first-order valence-electron chi connectivity index (χ1n) is 11.3. The second-order valence-electron chi connectivity index (χ2n) is 8.57. The van der Waals surface area contributed by atoms with Gasteiger partial charge in [-0.3, -0.25) is 4.79 Å². The number of halogens is 5. The molecule has 4 aromatic rings. The second-order valence-corrected chi connectivity index (χ2v) is 8.98. The highest BCUT2D eigenvalue weighted by Crippen LogP contribution is 2.40. The molecule has 0 bridgehead atoms. The maximum atomic E-state index is 14.0. The van der Waals surface area contributed by atoms with Crippen LogP contribution in [0.15, 0.2) is 84.9 Å². The van der Waals surface area contributed by atoms with Gasteiger partial charge in [-0.2, -0.15) is 13.2 Å². The van der Waals surface area contributed by atoms with Gasteiger partial charge in [-0.1, -0.05) is 60.1 Å². The number of aromatic nitrogens is 1. The number of likely N-dealkylation sites (N-methyl/N-ethyl adjacent to an activating group) is 1. The lowest BCUT2D eigenvalue weighted by Crippen LogP contribution is -2.31. The van der Waals surface area contributed by atoms with E-state index in [2.05, 4.69) is 5.32 Å². The van der Waals surface area contributed by atoms with Crippen LogP contribution in [0.2, 0.25) is 5.02 Å². The first kappa shape index (κ1) is 28.3. The summed E-state index contributed by atoms with van der Waals surface area (Å²) in [5, 5.41) is 3.10. The number of hydrogen-bond donors (Lipinski definition) is 1. The van der Waals surface area contributed by atoms with Crippen LogP contribution in [-0.4, -0.2) is 42.6 Å². The molecule has 0 aliphatic carbocycles. The first-order valence-corrected chi connectivity index (χ1v) is 11.7. The molecule has 0 atom stereocenters. The van der Waals surface area contributed by atoms with E-state index in [0.717, 1.165) is 11.6 Å². The monoisotopic (exact) mass is 547 g/mol. The highest BCUT2D eigenvalue weighted by molar-refractivity contribution is 6.33. The molecule has 194 valence electrons. The van der Waals surface area contributed by atoms with Gasteiger partial charge in [0.05, 0.1) is 27.7 Å². The predicted octanol–water partition coefficient (Wildman–Crippen LogP) is 7.20. The number of para-hydroxylation sites is 1. The summed E-state index contributed by atoms with van der Waals surface area (Å²) in [6.45, 7) is 1.16. The van der Waals surface area contributed by atoms with Crippen LogP contribution in [-0.2, 0) is 6.18 Å². The number of rotatable bonds is 7. The van der Waals surface area contributed by atoms with E-state index < -0.39 is 11.7 Å². The maximum Gasteiger partial charge on any atom is 0.418 e. The van der Waals surface area contributed by atoms with Gasteiger partial charge in [-0.25, -0.2) is 0 Å². The minimum Gasteiger partial charge on any atom is -0.351 e. The fraction of sp³-hybridized carbons (Fsp3) is 0.179. The maximum absolute atomic E-state index is 14.0. The van der Waals surface area contributed by atoms with Gasteiger partial charge >= 0.3 is 6.18 Å². The number of amides is 1. The molecule has 4 rings (SSSR count). The van der Waals surface area contributed by atoms with E-state index in [-0.39, 0.29) is 29.0 Å². The fourth-order valence-corrected chi connectivity index (χ4v) is 4.29. The minimum absolute atomic E-state index is 0. The third-order valence-corrected chi connectivity index (χ3v) is 6.07. The predicted molar refractivity (Wildman–Crippen MR) is 145 cm³/mol. The van der Waals surface area contributed by atoms with E-state index in [1.807, 2.05) is 49.3 Å². The van der Waals surface area contributed by atoms with Crippen LogP contribution in [0.5, 0.6) is 0 Å². The third-order valence-electron chi connectivity index (χ3n) is 5.75. The minimum atomic E-state index is -4.55. The van der Waals surface area contributed by atoms with Gasteiger partial charge in [0.25, 0.3) is 5.91 Å². The lowest BCUT2D eigenvalue weighted by molar-refractivity contribution is -0.137. The molecule has 9 heteroatoms. The third kappa shape index (κ3) is 6.36. The molecule has 0 saturated heterocycles. The van der Waals surface area contributed by atoms with E-state index >= 15 is 0 Å². The summed E-state index contributed by atoms with van der Waals surface area (Å²) < 4.78 is 43.5. The molecule has 1 N–H and O–H groups in total. The second kappa shape index (κ2) is 11.9. The lowest BCUT2D eigenvalue weighted by atomic mass is 10.1. The molecule has 0 saturated carbocycles. The quantitative estimate of drug-likeness (QED) is 0.265. The van der Waals surface area contributed by atoms with Crippen LogP contribution < -0.4 is 5.32 Å². The van der Waals surface area contributed by atoms with Crippen LogP contribution in [0, 0.1) is 0 Å². The molecule has 0 unspecified atom stereocenters. The smallest absolute Gasteiger partial charge is 0.351 e. The molecular weight excluding hydrogens is 522 g/mol. The molecule has 1 heterocycles. The zero-order valence-corrected chi connectivity index (χ0v) is 21.8. The van der Waals surface area contributed by atoms with E-state index in [0.29, 0.717) is 35.6 Å². The summed E-state index contributed by atoms with van der Waals surface area (Å²) in [5.74, 6) is -0.270. The molecule has 3 aromatic carbocycles. The van der Waals surface area contributed by atoms with Crippen molar-refractivity contribution >= 4 is 29.9 Å². The summed E-state index contributed by atoms with van der Waals surface area (Å²) in [6.07, 6.45) is -4.55. The molecule has 0 fully saturated rings. The normalized spacial score (nSPS) is 11.3. The molecule has 0 radical (unpaired) electrons. The standard InChI is InChI=1S/C28H25ClF3N3O.ClH/c1-34(2)17-16-33-27(36)20-12-13-21(23(29)18-20)25-15-14-24(19-8-4-3-5-9-19)35(25)26-11-7-6-10-22(26)28(30,31)32;/h3-15,18H,16-17H2,1-2H3,(H,33,36);1H. The van der Waals surface area contributed by atoms with Gasteiger partial charge in [0.2, 0.25) is 0 Å². The lowest BCUT2D eigenvalue weighted by Gasteiger charge is -2.20. The first-order chi connectivity index (χ1) is 17.2. The molecule has 0 spiro atoms. The molecule has 37 heavy (non-hydrogen) atoms. The molecular formula is C28H26Cl2F3N3O. The Bertz CT molecular complexity index is 1370.